The SMILES string of the molecule is CN(Cc1cc(F)ccc1C#N)C1CCOC1. The zero-order chi connectivity index (χ0) is 12.3. The first-order valence-corrected chi connectivity index (χ1v) is 5.67. The van der Waals surface area contributed by atoms with Gasteiger partial charge in [0.1, 0.15) is 5.82 Å². The molecule has 2 rings (SSSR count). The van der Waals surface area contributed by atoms with Crippen molar-refractivity contribution < 1.29 is 9.13 Å². The molecule has 90 valence electrons. The van der Waals surface area contributed by atoms with E-state index in [1.807, 2.05) is 7.05 Å². The highest BCUT2D eigenvalue weighted by Gasteiger charge is 2.21. The molecule has 1 atom stereocenters. The molecule has 1 saturated heterocycles. The third-order valence-corrected chi connectivity index (χ3v) is 3.14. The van der Waals surface area contributed by atoms with Gasteiger partial charge in [0.25, 0.3) is 0 Å². The molecule has 3 nitrogen and oxygen atoms in total. The minimum Gasteiger partial charge on any atom is -0.380 e. The Balaban J connectivity index is 2.11. The van der Waals surface area contributed by atoms with Gasteiger partial charge in [-0.05, 0) is 37.2 Å². The summed E-state index contributed by atoms with van der Waals surface area (Å²) in [5.74, 6) is -0.296. The lowest BCUT2D eigenvalue weighted by atomic mass is 10.1. The fourth-order valence-electron chi connectivity index (χ4n) is 2.07. The molecular formula is C13H15FN2O. The number of likely N-dealkylation sites (N-methyl/N-ethyl adjacent to an activating group) is 1. The smallest absolute Gasteiger partial charge is 0.123 e. The molecule has 1 unspecified atom stereocenters. The van der Waals surface area contributed by atoms with Crippen LogP contribution in [0.3, 0.4) is 0 Å². The molecule has 0 amide bonds. The molecule has 0 saturated carbocycles. The van der Waals surface area contributed by atoms with Crippen molar-refractivity contribution >= 4 is 0 Å². The van der Waals surface area contributed by atoms with Gasteiger partial charge < -0.3 is 4.74 Å². The lowest BCUT2D eigenvalue weighted by molar-refractivity contribution is 0.156. The van der Waals surface area contributed by atoms with Gasteiger partial charge in [-0.25, -0.2) is 4.39 Å². The average molecular weight is 234 g/mol. The van der Waals surface area contributed by atoms with Crippen LogP contribution in [0.5, 0.6) is 0 Å². The van der Waals surface area contributed by atoms with Gasteiger partial charge in [-0.3, -0.25) is 4.90 Å². The molecule has 17 heavy (non-hydrogen) atoms. The first-order valence-electron chi connectivity index (χ1n) is 5.67. The third-order valence-electron chi connectivity index (χ3n) is 3.14. The second-order valence-corrected chi connectivity index (χ2v) is 4.35. The van der Waals surface area contributed by atoms with Crippen LogP contribution in [0.15, 0.2) is 18.2 Å². The topological polar surface area (TPSA) is 36.3 Å². The van der Waals surface area contributed by atoms with E-state index in [9.17, 15) is 4.39 Å². The van der Waals surface area contributed by atoms with Crippen molar-refractivity contribution in [1.82, 2.24) is 4.90 Å². The van der Waals surface area contributed by atoms with Crippen molar-refractivity contribution in [2.24, 2.45) is 0 Å². The molecule has 0 bridgehead atoms. The molecule has 0 aromatic heterocycles. The van der Waals surface area contributed by atoms with Crippen molar-refractivity contribution in [1.29, 1.82) is 5.26 Å². The Morgan fingerprint density at radius 3 is 3.06 bits per heavy atom. The Morgan fingerprint density at radius 1 is 1.59 bits per heavy atom. The molecule has 1 aliphatic heterocycles. The standard InChI is InChI=1S/C13H15FN2O/c1-16(13-4-5-17-9-13)8-11-6-12(14)3-2-10(11)7-15/h2-3,6,13H,4-5,8-9H2,1H3. The zero-order valence-corrected chi connectivity index (χ0v) is 9.82. The summed E-state index contributed by atoms with van der Waals surface area (Å²) in [6.45, 7) is 2.08. The lowest BCUT2D eigenvalue weighted by Gasteiger charge is -2.23. The second-order valence-electron chi connectivity index (χ2n) is 4.35. The summed E-state index contributed by atoms with van der Waals surface area (Å²) < 4.78 is 18.5. The van der Waals surface area contributed by atoms with Gasteiger partial charge in [-0.1, -0.05) is 0 Å². The number of hydrogen-bond acceptors (Lipinski definition) is 3. The van der Waals surface area contributed by atoms with Crippen LogP contribution in [0.25, 0.3) is 0 Å². The van der Waals surface area contributed by atoms with E-state index >= 15 is 0 Å². The lowest BCUT2D eigenvalue weighted by Crippen LogP contribution is -2.31. The monoisotopic (exact) mass is 234 g/mol. The highest BCUT2D eigenvalue weighted by atomic mass is 19.1. The van der Waals surface area contributed by atoms with E-state index < -0.39 is 0 Å². The molecule has 0 spiro atoms. The maximum Gasteiger partial charge on any atom is 0.123 e. The van der Waals surface area contributed by atoms with E-state index in [-0.39, 0.29) is 5.82 Å². The number of hydrogen-bond donors (Lipinski definition) is 0. The molecule has 1 aromatic carbocycles. The summed E-state index contributed by atoms with van der Waals surface area (Å²) in [4.78, 5) is 2.11. The Hall–Kier alpha value is -1.44. The number of ether oxygens (including phenoxy) is 1. The second kappa shape index (κ2) is 5.26. The summed E-state index contributed by atoms with van der Waals surface area (Å²) in [7, 11) is 1.98. The molecule has 0 N–H and O–H groups in total. The highest BCUT2D eigenvalue weighted by molar-refractivity contribution is 5.37. The summed E-state index contributed by atoms with van der Waals surface area (Å²) in [6, 6.07) is 6.75. The molecule has 0 radical (unpaired) electrons. The molecule has 4 heteroatoms. The third kappa shape index (κ3) is 2.82. The van der Waals surface area contributed by atoms with Gasteiger partial charge in [0.15, 0.2) is 0 Å². The van der Waals surface area contributed by atoms with Gasteiger partial charge in [-0.2, -0.15) is 5.26 Å². The fourth-order valence-corrected chi connectivity index (χ4v) is 2.07. The predicted octanol–water partition coefficient (Wildman–Crippen LogP) is 1.92. The van der Waals surface area contributed by atoms with Crippen LogP contribution in [0.1, 0.15) is 17.5 Å². The van der Waals surface area contributed by atoms with Crippen LogP contribution in [-0.2, 0) is 11.3 Å². The maximum atomic E-state index is 13.2. The molecule has 0 aliphatic carbocycles. The maximum absolute atomic E-state index is 13.2. The Kier molecular flexibility index (Phi) is 3.72. The van der Waals surface area contributed by atoms with E-state index in [1.54, 1.807) is 0 Å². The summed E-state index contributed by atoms with van der Waals surface area (Å²) >= 11 is 0. The minimum atomic E-state index is -0.296. The van der Waals surface area contributed by atoms with Crippen LogP contribution >= 0.6 is 0 Å². The normalized spacial score (nSPS) is 19.5. The van der Waals surface area contributed by atoms with E-state index in [4.69, 9.17) is 10.00 Å². The van der Waals surface area contributed by atoms with Crippen molar-refractivity contribution in [2.75, 3.05) is 20.3 Å². The van der Waals surface area contributed by atoms with E-state index in [0.717, 1.165) is 18.6 Å². The van der Waals surface area contributed by atoms with Gasteiger partial charge >= 0.3 is 0 Å². The van der Waals surface area contributed by atoms with E-state index in [2.05, 4.69) is 11.0 Å². The van der Waals surface area contributed by atoms with Gasteiger partial charge in [0.05, 0.1) is 18.2 Å². The van der Waals surface area contributed by atoms with Crippen LogP contribution in [0.4, 0.5) is 4.39 Å². The van der Waals surface area contributed by atoms with Crippen molar-refractivity contribution in [3.05, 3.63) is 35.1 Å². The number of nitriles is 1. The minimum absolute atomic E-state index is 0.296. The summed E-state index contributed by atoms with van der Waals surface area (Å²) in [5.41, 5.74) is 1.28. The fraction of sp³-hybridized carbons (Fsp3) is 0.462. The summed E-state index contributed by atoms with van der Waals surface area (Å²) in [6.07, 6.45) is 0.994. The van der Waals surface area contributed by atoms with Crippen molar-refractivity contribution in [3.8, 4) is 6.07 Å². The highest BCUT2D eigenvalue weighted by Crippen LogP contribution is 2.17. The van der Waals surface area contributed by atoms with Gasteiger partial charge in [0.2, 0.25) is 0 Å². The Labute approximate surface area is 100 Å². The van der Waals surface area contributed by atoms with Crippen LogP contribution in [0.2, 0.25) is 0 Å². The van der Waals surface area contributed by atoms with E-state index in [0.29, 0.717) is 24.8 Å². The van der Waals surface area contributed by atoms with Gasteiger partial charge in [0, 0.05) is 19.2 Å². The predicted molar refractivity (Wildman–Crippen MR) is 61.8 cm³/mol. The first-order chi connectivity index (χ1) is 8.20. The van der Waals surface area contributed by atoms with Crippen molar-refractivity contribution in [2.45, 2.75) is 19.0 Å². The van der Waals surface area contributed by atoms with Crippen LogP contribution in [-0.4, -0.2) is 31.2 Å². The van der Waals surface area contributed by atoms with Crippen LogP contribution in [0, 0.1) is 17.1 Å². The quantitative estimate of drug-likeness (QED) is 0.801. The Morgan fingerprint density at radius 2 is 2.41 bits per heavy atom. The summed E-state index contributed by atoms with van der Waals surface area (Å²) in [5, 5.41) is 8.97. The van der Waals surface area contributed by atoms with Crippen LogP contribution < -0.4 is 0 Å². The van der Waals surface area contributed by atoms with E-state index in [1.165, 1.54) is 18.2 Å². The largest absolute Gasteiger partial charge is 0.380 e. The Bertz CT molecular complexity index is 436. The molecule has 1 aromatic rings. The van der Waals surface area contributed by atoms with Gasteiger partial charge in [-0.15, -0.1) is 0 Å². The van der Waals surface area contributed by atoms with Crippen molar-refractivity contribution in [3.63, 3.8) is 0 Å². The first kappa shape index (κ1) is 12.0. The molecule has 1 fully saturated rings. The average Bonchev–Trinajstić information content (AvgIpc) is 2.83. The molecule has 1 heterocycles. The molecule has 1 aliphatic rings. The number of nitrogens with zero attached hydrogens (tertiary/aromatic N) is 2. The number of benzene rings is 1. The molecular weight excluding hydrogens is 219 g/mol. The number of rotatable bonds is 3. The number of halogens is 1. The zero-order valence-electron chi connectivity index (χ0n) is 9.82.